The molecule has 0 aliphatic heterocycles. The average Bonchev–Trinajstić information content (AvgIpc) is 3.13. The zero-order chi connectivity index (χ0) is 21.1. The Balaban J connectivity index is 1.70. The monoisotopic (exact) mass is 413 g/mol. The van der Waals surface area contributed by atoms with Gasteiger partial charge in [-0.15, -0.1) is 0 Å². The SMILES string of the molecule is Cc1ccc(Cl)c(OCn2ccc(C(=O)Nc3cc(C(C)C)c(O)cc3C)n2)c1. The average molecular weight is 414 g/mol. The molecule has 0 saturated heterocycles. The number of carbonyl (C=O) groups is 1. The summed E-state index contributed by atoms with van der Waals surface area (Å²) in [5.74, 6) is 0.595. The topological polar surface area (TPSA) is 76.4 Å². The highest BCUT2D eigenvalue weighted by molar-refractivity contribution is 6.32. The maximum Gasteiger partial charge on any atom is 0.276 e. The molecule has 6 nitrogen and oxygen atoms in total. The number of amides is 1. The van der Waals surface area contributed by atoms with E-state index in [0.29, 0.717) is 16.5 Å². The molecule has 1 heterocycles. The number of rotatable bonds is 6. The quantitative estimate of drug-likeness (QED) is 0.539. The first-order valence-corrected chi connectivity index (χ1v) is 9.69. The van der Waals surface area contributed by atoms with Gasteiger partial charge in [0, 0.05) is 11.9 Å². The summed E-state index contributed by atoms with van der Waals surface area (Å²) >= 11 is 6.13. The molecule has 0 radical (unpaired) electrons. The lowest BCUT2D eigenvalue weighted by molar-refractivity contribution is 0.102. The number of nitrogens with one attached hydrogen (secondary N) is 1. The third-order valence-electron chi connectivity index (χ3n) is 4.56. The first kappa shape index (κ1) is 20.7. The first-order valence-electron chi connectivity index (χ1n) is 9.32. The largest absolute Gasteiger partial charge is 0.508 e. The zero-order valence-electron chi connectivity index (χ0n) is 16.9. The molecule has 0 aliphatic rings. The van der Waals surface area contributed by atoms with Crippen LogP contribution in [0.3, 0.4) is 0 Å². The molecule has 2 N–H and O–H groups in total. The number of ether oxygens (including phenoxy) is 1. The Morgan fingerprint density at radius 1 is 1.24 bits per heavy atom. The second-order valence-corrected chi connectivity index (χ2v) is 7.69. The predicted molar refractivity (Wildman–Crippen MR) is 114 cm³/mol. The van der Waals surface area contributed by atoms with Gasteiger partial charge in [-0.2, -0.15) is 5.10 Å². The predicted octanol–water partition coefficient (Wildman–Crippen LogP) is 5.27. The summed E-state index contributed by atoms with van der Waals surface area (Å²) in [6, 6.07) is 10.6. The minimum Gasteiger partial charge on any atom is -0.508 e. The van der Waals surface area contributed by atoms with Gasteiger partial charge in [0.05, 0.1) is 5.02 Å². The molecule has 3 aromatic rings. The van der Waals surface area contributed by atoms with Crippen LogP contribution in [0.4, 0.5) is 5.69 Å². The van der Waals surface area contributed by atoms with E-state index in [1.54, 1.807) is 30.5 Å². The number of halogens is 1. The van der Waals surface area contributed by atoms with Crippen molar-refractivity contribution in [3.8, 4) is 11.5 Å². The van der Waals surface area contributed by atoms with Crippen molar-refractivity contribution in [1.82, 2.24) is 9.78 Å². The Morgan fingerprint density at radius 2 is 2.00 bits per heavy atom. The van der Waals surface area contributed by atoms with Gasteiger partial charge in [-0.25, -0.2) is 4.68 Å². The number of phenolic OH excluding ortho intramolecular Hbond substituents is 1. The van der Waals surface area contributed by atoms with Crippen LogP contribution in [0.5, 0.6) is 11.5 Å². The Morgan fingerprint density at radius 3 is 2.72 bits per heavy atom. The summed E-state index contributed by atoms with van der Waals surface area (Å²) < 4.78 is 7.22. The number of nitrogens with zero attached hydrogens (tertiary/aromatic N) is 2. The highest BCUT2D eigenvalue weighted by Crippen LogP contribution is 2.31. The number of phenols is 1. The number of anilines is 1. The molecule has 3 rings (SSSR count). The fourth-order valence-corrected chi connectivity index (χ4v) is 3.08. The van der Waals surface area contributed by atoms with Gasteiger partial charge in [0.1, 0.15) is 11.5 Å². The summed E-state index contributed by atoms with van der Waals surface area (Å²) in [6.07, 6.45) is 1.67. The summed E-state index contributed by atoms with van der Waals surface area (Å²) in [5.41, 5.74) is 3.50. The van der Waals surface area contributed by atoms with Crippen LogP contribution in [-0.4, -0.2) is 20.8 Å². The Hall–Kier alpha value is -2.99. The minimum atomic E-state index is -0.333. The van der Waals surface area contributed by atoms with E-state index in [2.05, 4.69) is 10.4 Å². The van der Waals surface area contributed by atoms with E-state index < -0.39 is 0 Å². The van der Waals surface area contributed by atoms with Crippen molar-refractivity contribution >= 4 is 23.2 Å². The molecule has 152 valence electrons. The van der Waals surface area contributed by atoms with Crippen molar-refractivity contribution in [1.29, 1.82) is 0 Å². The number of hydrogen-bond donors (Lipinski definition) is 2. The minimum absolute atomic E-state index is 0.131. The Bertz CT molecular complexity index is 1040. The fraction of sp³-hybridized carbons (Fsp3) is 0.273. The maximum absolute atomic E-state index is 12.6. The Kier molecular flexibility index (Phi) is 6.13. The fourth-order valence-electron chi connectivity index (χ4n) is 2.90. The van der Waals surface area contributed by atoms with Gasteiger partial charge < -0.3 is 15.2 Å². The van der Waals surface area contributed by atoms with E-state index in [4.69, 9.17) is 16.3 Å². The number of hydrogen-bond acceptors (Lipinski definition) is 4. The van der Waals surface area contributed by atoms with E-state index in [1.807, 2.05) is 39.8 Å². The molecule has 2 aromatic carbocycles. The van der Waals surface area contributed by atoms with Crippen molar-refractivity contribution in [2.45, 2.75) is 40.3 Å². The maximum atomic E-state index is 12.6. The van der Waals surface area contributed by atoms with E-state index >= 15 is 0 Å². The molecule has 0 bridgehead atoms. The van der Waals surface area contributed by atoms with Crippen molar-refractivity contribution in [2.24, 2.45) is 0 Å². The second kappa shape index (κ2) is 8.57. The van der Waals surface area contributed by atoms with Crippen molar-refractivity contribution < 1.29 is 14.6 Å². The first-order chi connectivity index (χ1) is 13.7. The summed E-state index contributed by atoms with van der Waals surface area (Å²) in [6.45, 7) is 7.88. The highest BCUT2D eigenvalue weighted by Gasteiger charge is 2.15. The molecule has 0 atom stereocenters. The van der Waals surface area contributed by atoms with Gasteiger partial charge in [0.2, 0.25) is 0 Å². The molecule has 1 aromatic heterocycles. The number of aromatic hydroxyl groups is 1. The molecule has 0 spiro atoms. The molecule has 7 heteroatoms. The molecule has 0 saturated carbocycles. The van der Waals surface area contributed by atoms with Crippen LogP contribution in [-0.2, 0) is 6.73 Å². The molecular weight excluding hydrogens is 390 g/mol. The normalized spacial score (nSPS) is 11.0. The molecule has 0 aliphatic carbocycles. The van der Waals surface area contributed by atoms with E-state index in [0.717, 1.165) is 16.7 Å². The van der Waals surface area contributed by atoms with Crippen LogP contribution < -0.4 is 10.1 Å². The third-order valence-corrected chi connectivity index (χ3v) is 4.87. The second-order valence-electron chi connectivity index (χ2n) is 7.28. The van der Waals surface area contributed by atoms with Crippen LogP contribution in [0.25, 0.3) is 0 Å². The van der Waals surface area contributed by atoms with Gasteiger partial charge in [-0.05, 0) is 66.8 Å². The van der Waals surface area contributed by atoms with Crippen LogP contribution in [0.15, 0.2) is 42.6 Å². The molecule has 1 amide bonds. The zero-order valence-corrected chi connectivity index (χ0v) is 17.6. The van der Waals surface area contributed by atoms with E-state index in [1.165, 1.54) is 4.68 Å². The number of carbonyl (C=O) groups excluding carboxylic acids is 1. The van der Waals surface area contributed by atoms with Gasteiger partial charge in [-0.1, -0.05) is 31.5 Å². The van der Waals surface area contributed by atoms with Gasteiger partial charge >= 0.3 is 0 Å². The number of benzene rings is 2. The van der Waals surface area contributed by atoms with Crippen molar-refractivity contribution in [3.63, 3.8) is 0 Å². The molecule has 0 unspecified atom stereocenters. The molecule has 0 fully saturated rings. The van der Waals surface area contributed by atoms with E-state index in [-0.39, 0.29) is 30.0 Å². The van der Waals surface area contributed by atoms with Gasteiger partial charge in [0.15, 0.2) is 12.4 Å². The lowest BCUT2D eigenvalue weighted by atomic mass is 9.99. The standard InChI is InChI=1S/C22H24ClN3O3/c1-13(2)16-11-19(15(4)10-20(16)27)24-22(28)18-7-8-26(25-18)12-29-21-9-14(3)5-6-17(21)23/h5-11,13,27H,12H2,1-4H3,(H,24,28). The number of aryl methyl sites for hydroxylation is 2. The summed E-state index contributed by atoms with van der Waals surface area (Å²) in [5, 5.41) is 17.7. The van der Waals surface area contributed by atoms with Crippen LogP contribution in [0.1, 0.15) is 46.9 Å². The smallest absolute Gasteiger partial charge is 0.276 e. The lowest BCUT2D eigenvalue weighted by Gasteiger charge is -2.14. The van der Waals surface area contributed by atoms with Crippen LogP contribution in [0.2, 0.25) is 5.02 Å². The van der Waals surface area contributed by atoms with Crippen molar-refractivity contribution in [3.05, 3.63) is 70.0 Å². The molecule has 29 heavy (non-hydrogen) atoms. The van der Waals surface area contributed by atoms with Crippen LogP contribution in [0, 0.1) is 13.8 Å². The Labute approximate surface area is 175 Å². The summed E-state index contributed by atoms with van der Waals surface area (Å²) in [7, 11) is 0. The number of aromatic nitrogens is 2. The summed E-state index contributed by atoms with van der Waals surface area (Å²) in [4.78, 5) is 12.6. The lowest BCUT2D eigenvalue weighted by Crippen LogP contribution is -2.15. The van der Waals surface area contributed by atoms with Gasteiger partial charge in [0.25, 0.3) is 5.91 Å². The van der Waals surface area contributed by atoms with Crippen molar-refractivity contribution in [2.75, 3.05) is 5.32 Å². The van der Waals surface area contributed by atoms with Crippen LogP contribution >= 0.6 is 11.6 Å². The van der Waals surface area contributed by atoms with Gasteiger partial charge in [-0.3, -0.25) is 4.79 Å². The highest BCUT2D eigenvalue weighted by atomic mass is 35.5. The van der Waals surface area contributed by atoms with E-state index in [9.17, 15) is 9.90 Å². The molecular formula is C22H24ClN3O3. The third kappa shape index (κ3) is 4.90.